The van der Waals surface area contributed by atoms with Gasteiger partial charge in [0, 0.05) is 24.4 Å². The molecule has 4 aromatic rings. The van der Waals surface area contributed by atoms with Gasteiger partial charge in [0.05, 0.1) is 23.6 Å². The minimum absolute atomic E-state index is 0.0326. The van der Waals surface area contributed by atoms with Gasteiger partial charge in [0.15, 0.2) is 0 Å². The van der Waals surface area contributed by atoms with Crippen molar-refractivity contribution in [3.63, 3.8) is 0 Å². The van der Waals surface area contributed by atoms with Gasteiger partial charge < -0.3 is 20.3 Å². The van der Waals surface area contributed by atoms with Crippen molar-refractivity contribution in [2.45, 2.75) is 106 Å². The Morgan fingerprint density at radius 2 is 1.67 bits per heavy atom. The van der Waals surface area contributed by atoms with Crippen LogP contribution in [-0.4, -0.2) is 77.2 Å². The molecule has 1 unspecified atom stereocenters. The number of carbonyl (C=O) groups is 4. The van der Waals surface area contributed by atoms with Crippen molar-refractivity contribution in [3.8, 4) is 22.3 Å². The molecule has 4 aliphatic rings. The molecule has 5 heterocycles. The SMILES string of the molecule is O=C(N[C@H]1CCCCCC=CC2C[C@@]2(C(=O)NS(=O)(=O)Cc2ccccc2)NC(=O)[C@@H]2C[C@@H](n3ncc(-c4ccsc4)c(-c4ccsc4)c3=O)CN2C1=O)OC1CCCC1. The predicted octanol–water partition coefficient (Wildman–Crippen LogP) is 5.92. The van der Waals surface area contributed by atoms with E-state index in [2.05, 4.69) is 20.5 Å². The van der Waals surface area contributed by atoms with E-state index in [0.29, 0.717) is 36.0 Å². The highest BCUT2D eigenvalue weighted by Gasteiger charge is 2.61. The summed E-state index contributed by atoms with van der Waals surface area (Å²) in [5.41, 5.74) is 1.16. The van der Waals surface area contributed by atoms with Crippen LogP contribution in [0.25, 0.3) is 22.3 Å². The van der Waals surface area contributed by atoms with Crippen molar-refractivity contribution >= 4 is 56.5 Å². The first kappa shape index (κ1) is 41.6. The zero-order valence-corrected chi connectivity index (χ0v) is 35.4. The van der Waals surface area contributed by atoms with E-state index >= 15 is 0 Å². The Morgan fingerprint density at radius 1 is 0.933 bits per heavy atom. The fraction of sp³-hybridized carbons (Fsp3) is 0.442. The lowest BCUT2D eigenvalue weighted by atomic mass is 10.0. The molecule has 17 heteroatoms. The fourth-order valence-corrected chi connectivity index (χ4v) is 11.2. The molecule has 60 heavy (non-hydrogen) atoms. The topological polar surface area (TPSA) is 186 Å². The van der Waals surface area contributed by atoms with E-state index in [0.717, 1.165) is 49.7 Å². The van der Waals surface area contributed by atoms with E-state index in [1.807, 2.05) is 45.8 Å². The zero-order valence-electron chi connectivity index (χ0n) is 33.0. The second-order valence-corrected chi connectivity index (χ2v) is 19.4. The molecule has 2 saturated carbocycles. The molecule has 316 valence electrons. The third-order valence-corrected chi connectivity index (χ3v) is 14.5. The van der Waals surface area contributed by atoms with Crippen LogP contribution in [0.1, 0.15) is 82.2 Å². The van der Waals surface area contributed by atoms with E-state index in [1.165, 1.54) is 32.3 Å². The Morgan fingerprint density at radius 3 is 2.40 bits per heavy atom. The molecule has 0 bridgehead atoms. The van der Waals surface area contributed by atoms with Crippen molar-refractivity contribution in [1.82, 2.24) is 30.0 Å². The quantitative estimate of drug-likeness (QED) is 0.172. The third kappa shape index (κ3) is 9.12. The van der Waals surface area contributed by atoms with Gasteiger partial charge in [0.1, 0.15) is 23.7 Å². The van der Waals surface area contributed by atoms with Gasteiger partial charge in [-0.2, -0.15) is 27.8 Å². The van der Waals surface area contributed by atoms with Gasteiger partial charge >= 0.3 is 6.09 Å². The Labute approximate surface area is 356 Å². The monoisotopic (exact) mass is 872 g/mol. The second-order valence-electron chi connectivity index (χ2n) is 16.1. The largest absolute Gasteiger partial charge is 0.446 e. The molecule has 3 aromatic heterocycles. The number of allylic oxidation sites excluding steroid dienone is 1. The number of alkyl carbamates (subject to hydrolysis) is 1. The maximum Gasteiger partial charge on any atom is 0.408 e. The van der Waals surface area contributed by atoms with Gasteiger partial charge in [-0.25, -0.2) is 17.9 Å². The highest BCUT2D eigenvalue weighted by Crippen LogP contribution is 2.46. The molecular formula is C43H48N6O8S3. The molecule has 1 saturated heterocycles. The van der Waals surface area contributed by atoms with Crippen molar-refractivity contribution < 1.29 is 32.3 Å². The van der Waals surface area contributed by atoms with E-state index in [-0.39, 0.29) is 31.0 Å². The number of hydrogen-bond donors (Lipinski definition) is 3. The number of nitrogens with zero attached hydrogens (tertiary/aromatic N) is 3. The number of amides is 4. The van der Waals surface area contributed by atoms with Crippen LogP contribution in [0.2, 0.25) is 0 Å². The third-order valence-electron chi connectivity index (χ3n) is 12.0. The molecule has 3 fully saturated rings. The van der Waals surface area contributed by atoms with Gasteiger partial charge in [-0.15, -0.1) is 0 Å². The zero-order chi connectivity index (χ0) is 41.9. The van der Waals surface area contributed by atoms with E-state index in [1.54, 1.807) is 36.5 Å². The van der Waals surface area contributed by atoms with E-state index in [4.69, 9.17) is 4.74 Å². The number of hydrogen-bond acceptors (Lipinski definition) is 11. The molecule has 0 spiro atoms. The Kier molecular flexibility index (Phi) is 12.4. The molecule has 8 rings (SSSR count). The molecule has 2 aliphatic carbocycles. The summed E-state index contributed by atoms with van der Waals surface area (Å²) in [5, 5.41) is 18.0. The summed E-state index contributed by atoms with van der Waals surface area (Å²) in [7, 11) is -4.16. The molecule has 3 N–H and O–H groups in total. The number of ether oxygens (including phenoxy) is 1. The molecule has 4 amide bonds. The van der Waals surface area contributed by atoms with Crippen LogP contribution in [0.15, 0.2) is 87.1 Å². The summed E-state index contributed by atoms with van der Waals surface area (Å²) >= 11 is 2.95. The maximum atomic E-state index is 14.8. The lowest BCUT2D eigenvalue weighted by Gasteiger charge is -2.30. The van der Waals surface area contributed by atoms with Crippen LogP contribution >= 0.6 is 22.7 Å². The number of aromatic nitrogens is 2. The first-order valence-corrected chi connectivity index (χ1v) is 24.1. The van der Waals surface area contributed by atoms with Crippen molar-refractivity contribution in [2.24, 2.45) is 5.92 Å². The number of carbonyl (C=O) groups excluding carboxylic acids is 4. The minimum Gasteiger partial charge on any atom is -0.446 e. The molecule has 14 nitrogen and oxygen atoms in total. The molecule has 1 aromatic carbocycles. The standard InChI is InChI=1S/C43H48N6O8S3/c50-38-36-21-32(49-40(52)37(30-18-20-59-26-30)34(23-44-49)29-17-19-58-25-29)24-48(36)39(51)35(45-42(54)57-33-14-9-10-15-33)16-8-3-1-2-7-13-31-22-43(31,46-38)41(53)47-60(55,56)27-28-11-5-4-6-12-28/h4-7,11-13,17-20,23,25-26,31-33,35-36H,1-3,8-10,14-16,21-22,24,27H2,(H,45,54)(H,46,50)(H,47,53)/t31?,32-,35+,36+,43-/m1/s1. The van der Waals surface area contributed by atoms with Gasteiger partial charge in [0.25, 0.3) is 11.5 Å². The summed E-state index contributed by atoms with van der Waals surface area (Å²) in [6.45, 7) is -0.0888. The number of rotatable bonds is 9. The molecule has 2 aliphatic heterocycles. The molecule has 5 atom stereocenters. The van der Waals surface area contributed by atoms with Crippen molar-refractivity contribution in [3.05, 3.63) is 98.3 Å². The summed E-state index contributed by atoms with van der Waals surface area (Å²) in [5.74, 6) is -3.00. The predicted molar refractivity (Wildman–Crippen MR) is 228 cm³/mol. The van der Waals surface area contributed by atoms with Crippen LogP contribution in [0.5, 0.6) is 0 Å². The van der Waals surface area contributed by atoms with Crippen LogP contribution < -0.4 is 20.9 Å². The highest BCUT2D eigenvalue weighted by atomic mass is 32.2. The van der Waals surface area contributed by atoms with Crippen LogP contribution in [0.3, 0.4) is 0 Å². The van der Waals surface area contributed by atoms with Crippen LogP contribution in [0.4, 0.5) is 4.79 Å². The van der Waals surface area contributed by atoms with Crippen LogP contribution in [-0.2, 0) is 34.9 Å². The number of sulfonamides is 1. The van der Waals surface area contributed by atoms with Gasteiger partial charge in [0.2, 0.25) is 21.8 Å². The Balaban J connectivity index is 1.13. The molecular weight excluding hydrogens is 825 g/mol. The summed E-state index contributed by atoms with van der Waals surface area (Å²) in [6, 6.07) is 9.26. The number of benzene rings is 1. The lowest BCUT2D eigenvalue weighted by molar-refractivity contribution is -0.141. The van der Waals surface area contributed by atoms with Crippen molar-refractivity contribution in [2.75, 3.05) is 6.54 Å². The number of fused-ring (bicyclic) bond motifs is 2. The average molecular weight is 873 g/mol. The summed E-state index contributed by atoms with van der Waals surface area (Å²) < 4.78 is 35.8. The van der Waals surface area contributed by atoms with Crippen LogP contribution in [0, 0.1) is 5.92 Å². The summed E-state index contributed by atoms with van der Waals surface area (Å²) in [4.78, 5) is 72.7. The number of nitrogens with one attached hydrogen (secondary N) is 3. The Bertz CT molecular complexity index is 2400. The Hall–Kier alpha value is -5.13. The maximum absolute atomic E-state index is 14.8. The smallest absolute Gasteiger partial charge is 0.408 e. The lowest BCUT2D eigenvalue weighted by Crippen LogP contribution is -2.58. The summed E-state index contributed by atoms with van der Waals surface area (Å²) in [6.07, 6.45) is 11.1. The second kappa shape index (κ2) is 17.8. The first-order valence-electron chi connectivity index (χ1n) is 20.5. The van der Waals surface area contributed by atoms with Gasteiger partial charge in [-0.1, -0.05) is 55.3 Å². The van der Waals surface area contributed by atoms with Crippen molar-refractivity contribution in [1.29, 1.82) is 0 Å². The molecule has 0 radical (unpaired) electrons. The fourth-order valence-electron chi connectivity index (χ4n) is 8.72. The minimum atomic E-state index is -4.16. The van der Waals surface area contributed by atoms with Gasteiger partial charge in [-0.05, 0) is 102 Å². The van der Waals surface area contributed by atoms with E-state index in [9.17, 15) is 32.4 Å². The highest BCUT2D eigenvalue weighted by molar-refractivity contribution is 7.89. The number of thiophene rings is 2. The average Bonchev–Trinajstić information content (AvgIpc) is 3.92. The van der Waals surface area contributed by atoms with E-state index < -0.39 is 69.2 Å². The normalized spacial score (nSPS) is 25.0. The van der Waals surface area contributed by atoms with Gasteiger partial charge in [-0.3, -0.25) is 23.9 Å². The first-order chi connectivity index (χ1) is 29.0.